The highest BCUT2D eigenvalue weighted by molar-refractivity contribution is 5.83. The molecule has 4 atom stereocenters. The number of aliphatic hydroxyl groups is 2. The highest BCUT2D eigenvalue weighted by Gasteiger charge is 2.34. The van der Waals surface area contributed by atoms with Crippen LogP contribution in [-0.2, 0) is 9.59 Å². The first-order valence-electron chi connectivity index (χ1n) is 5.97. The second-order valence-electron chi connectivity index (χ2n) is 4.48. The summed E-state index contributed by atoms with van der Waals surface area (Å²) in [6, 6.07) is 10.9. The van der Waals surface area contributed by atoms with E-state index in [4.69, 9.17) is 26.2 Å². The summed E-state index contributed by atoms with van der Waals surface area (Å²) in [5.41, 5.74) is 7.10. The Hall–Kier alpha value is -1.96. The molecule has 20 heavy (non-hydrogen) atoms. The Balaban J connectivity index is 0.000000200. The van der Waals surface area contributed by atoms with Crippen molar-refractivity contribution < 1.29 is 30.0 Å². The molecule has 0 saturated heterocycles. The van der Waals surface area contributed by atoms with Crippen LogP contribution in [0, 0.1) is 0 Å². The molecular weight excluding hydrogens is 266 g/mol. The number of aliphatic hydroxyl groups excluding tert-OH is 2. The van der Waals surface area contributed by atoms with Crippen LogP contribution < -0.4 is 5.73 Å². The molecule has 6 N–H and O–H groups in total. The number of hydrogen-bond donors (Lipinski definition) is 5. The van der Waals surface area contributed by atoms with Crippen LogP contribution in [0.15, 0.2) is 30.3 Å². The molecule has 110 valence electrons. The van der Waals surface area contributed by atoms with Crippen LogP contribution in [0.3, 0.4) is 0 Å². The fourth-order valence-corrected chi connectivity index (χ4v) is 1.57. The van der Waals surface area contributed by atoms with Gasteiger partial charge in [-0.25, -0.2) is 9.59 Å². The fraction of sp³-hybridized carbons (Fsp3) is 0.385. The first kappa shape index (κ1) is 16.1. The van der Waals surface area contributed by atoms with Crippen molar-refractivity contribution in [1.29, 1.82) is 0 Å². The minimum Gasteiger partial charge on any atom is -0.479 e. The molecule has 0 heterocycles. The van der Waals surface area contributed by atoms with E-state index in [2.05, 4.69) is 24.3 Å². The van der Waals surface area contributed by atoms with Crippen LogP contribution in [0.2, 0.25) is 0 Å². The second-order valence-corrected chi connectivity index (χ2v) is 4.48. The largest absolute Gasteiger partial charge is 0.479 e. The maximum absolute atomic E-state index is 9.77. The molecule has 7 nitrogen and oxygen atoms in total. The smallest absolute Gasteiger partial charge is 0.335 e. The number of benzene rings is 1. The highest BCUT2D eigenvalue weighted by atomic mass is 16.4. The molecule has 0 bridgehead atoms. The van der Waals surface area contributed by atoms with E-state index >= 15 is 0 Å². The monoisotopic (exact) mass is 283 g/mol. The van der Waals surface area contributed by atoms with Crippen LogP contribution in [-0.4, -0.2) is 50.6 Å². The normalized spacial score (nSPS) is 22.9. The summed E-state index contributed by atoms with van der Waals surface area (Å²) in [6.45, 7) is 0. The molecule has 1 saturated carbocycles. The number of carbonyl (C=O) groups is 2. The molecule has 0 amide bonds. The molecule has 1 aromatic carbocycles. The number of aliphatic carboxylic acids is 2. The molecule has 1 aliphatic carbocycles. The minimum atomic E-state index is -2.27. The molecule has 1 aliphatic rings. The topological polar surface area (TPSA) is 141 Å². The first-order chi connectivity index (χ1) is 9.34. The van der Waals surface area contributed by atoms with Crippen molar-refractivity contribution in [2.75, 3.05) is 0 Å². The number of rotatable bonds is 4. The summed E-state index contributed by atoms with van der Waals surface area (Å²) < 4.78 is 0. The maximum Gasteiger partial charge on any atom is 0.335 e. The molecule has 7 heteroatoms. The van der Waals surface area contributed by atoms with Crippen molar-refractivity contribution in [3.05, 3.63) is 35.9 Å². The van der Waals surface area contributed by atoms with Crippen LogP contribution in [0.4, 0.5) is 0 Å². The Morgan fingerprint density at radius 1 is 1.05 bits per heavy atom. The zero-order valence-electron chi connectivity index (χ0n) is 10.6. The average molecular weight is 283 g/mol. The summed E-state index contributed by atoms with van der Waals surface area (Å²) in [7, 11) is 0. The average Bonchev–Trinajstić information content (AvgIpc) is 3.15. The standard InChI is InChI=1S/C9H11N.C4H6O6/c10-9-6-8(9)7-4-2-1-3-5-7;5-1(3(7)8)2(6)4(9)10/h1-5,8-9H,6,10H2;1-2,5-6H,(H,7,8)(H,9,10). The number of carboxylic acids is 2. The van der Waals surface area contributed by atoms with Gasteiger partial charge in [0.2, 0.25) is 0 Å². The van der Waals surface area contributed by atoms with Crippen molar-refractivity contribution in [3.8, 4) is 0 Å². The van der Waals surface area contributed by atoms with Gasteiger partial charge in [-0.2, -0.15) is 0 Å². The van der Waals surface area contributed by atoms with Crippen molar-refractivity contribution in [2.24, 2.45) is 5.73 Å². The molecule has 0 spiro atoms. The Morgan fingerprint density at radius 2 is 1.45 bits per heavy atom. The Morgan fingerprint density at radius 3 is 1.75 bits per heavy atom. The van der Waals surface area contributed by atoms with Gasteiger partial charge in [-0.15, -0.1) is 0 Å². The van der Waals surface area contributed by atoms with Gasteiger partial charge >= 0.3 is 11.9 Å². The Labute approximate surface area is 115 Å². The summed E-state index contributed by atoms with van der Waals surface area (Å²) in [4.78, 5) is 19.5. The van der Waals surface area contributed by atoms with E-state index < -0.39 is 24.1 Å². The third-order valence-corrected chi connectivity index (χ3v) is 2.87. The van der Waals surface area contributed by atoms with Crippen molar-refractivity contribution in [3.63, 3.8) is 0 Å². The molecule has 0 aliphatic heterocycles. The number of nitrogens with two attached hydrogens (primary N) is 1. The molecule has 1 fully saturated rings. The van der Waals surface area contributed by atoms with Gasteiger partial charge in [-0.1, -0.05) is 30.3 Å². The Kier molecular flexibility index (Phi) is 5.63. The molecular formula is C13H17NO6. The van der Waals surface area contributed by atoms with E-state index in [9.17, 15) is 9.59 Å². The van der Waals surface area contributed by atoms with E-state index in [-0.39, 0.29) is 0 Å². The van der Waals surface area contributed by atoms with E-state index in [0.717, 1.165) is 0 Å². The maximum atomic E-state index is 9.77. The van der Waals surface area contributed by atoms with Gasteiger partial charge in [0.15, 0.2) is 12.2 Å². The lowest BCUT2D eigenvalue weighted by molar-refractivity contribution is -0.165. The third kappa shape index (κ3) is 4.61. The quantitative estimate of drug-likeness (QED) is 0.495. The predicted octanol–water partition coefficient (Wildman–Crippen LogP) is -0.621. The van der Waals surface area contributed by atoms with E-state index in [1.54, 1.807) is 0 Å². The van der Waals surface area contributed by atoms with Gasteiger partial charge < -0.3 is 26.2 Å². The lowest BCUT2D eigenvalue weighted by atomic mass is 10.1. The number of hydrogen-bond acceptors (Lipinski definition) is 5. The zero-order valence-corrected chi connectivity index (χ0v) is 10.6. The van der Waals surface area contributed by atoms with Crippen molar-refractivity contribution >= 4 is 11.9 Å². The fourth-order valence-electron chi connectivity index (χ4n) is 1.57. The SMILES string of the molecule is NC1CC1c1ccccc1.O=C(O)C(O)C(O)C(=O)O. The van der Waals surface area contributed by atoms with Gasteiger partial charge in [-0.3, -0.25) is 0 Å². The summed E-state index contributed by atoms with van der Waals surface area (Å²) in [5, 5.41) is 32.5. The van der Waals surface area contributed by atoms with Crippen LogP contribution in [0.25, 0.3) is 0 Å². The summed E-state index contributed by atoms with van der Waals surface area (Å²) >= 11 is 0. The van der Waals surface area contributed by atoms with Crippen LogP contribution in [0.5, 0.6) is 0 Å². The molecule has 4 unspecified atom stereocenters. The van der Waals surface area contributed by atoms with Crippen LogP contribution in [0.1, 0.15) is 17.9 Å². The van der Waals surface area contributed by atoms with Gasteiger partial charge in [0.1, 0.15) is 0 Å². The molecule has 0 radical (unpaired) electrons. The molecule has 2 rings (SSSR count). The van der Waals surface area contributed by atoms with Crippen molar-refractivity contribution in [1.82, 2.24) is 0 Å². The van der Waals surface area contributed by atoms with Crippen LogP contribution >= 0.6 is 0 Å². The Bertz CT molecular complexity index is 445. The van der Waals surface area contributed by atoms with Gasteiger partial charge in [0.25, 0.3) is 0 Å². The van der Waals surface area contributed by atoms with Crippen molar-refractivity contribution in [2.45, 2.75) is 30.6 Å². The van der Waals surface area contributed by atoms with Gasteiger partial charge in [-0.05, 0) is 12.0 Å². The zero-order chi connectivity index (χ0) is 15.3. The second kappa shape index (κ2) is 6.99. The highest BCUT2D eigenvalue weighted by Crippen LogP contribution is 2.38. The van der Waals surface area contributed by atoms with E-state index in [0.29, 0.717) is 12.0 Å². The summed E-state index contributed by atoms with van der Waals surface area (Å²) in [5.74, 6) is -2.88. The molecule has 0 aromatic heterocycles. The van der Waals surface area contributed by atoms with Gasteiger partial charge in [0.05, 0.1) is 0 Å². The van der Waals surface area contributed by atoms with E-state index in [1.165, 1.54) is 12.0 Å². The van der Waals surface area contributed by atoms with Gasteiger partial charge in [0, 0.05) is 12.0 Å². The predicted molar refractivity (Wildman–Crippen MR) is 69.1 cm³/mol. The lowest BCUT2D eigenvalue weighted by Crippen LogP contribution is -2.39. The minimum absolute atomic E-state index is 0.433. The number of carboxylic acid groups (broad SMARTS) is 2. The third-order valence-electron chi connectivity index (χ3n) is 2.87. The van der Waals surface area contributed by atoms with E-state index in [1.807, 2.05) is 6.07 Å². The first-order valence-corrected chi connectivity index (χ1v) is 5.97. The molecule has 1 aromatic rings. The lowest BCUT2D eigenvalue weighted by Gasteiger charge is -2.07. The summed E-state index contributed by atoms with van der Waals surface area (Å²) in [6.07, 6.45) is -3.36.